The van der Waals surface area contributed by atoms with Crippen LogP contribution in [-0.2, 0) is 21.5 Å². The van der Waals surface area contributed by atoms with Crippen LogP contribution in [0.2, 0.25) is 5.02 Å². The van der Waals surface area contributed by atoms with Gasteiger partial charge in [0.15, 0.2) is 0 Å². The molecular weight excluding hydrogens is 452 g/mol. The van der Waals surface area contributed by atoms with Crippen LogP contribution in [0.3, 0.4) is 0 Å². The Kier molecular flexibility index (Phi) is 5.31. The van der Waals surface area contributed by atoms with Gasteiger partial charge in [-0.05, 0) is 41.5 Å². The number of hydrogen-bond acceptors (Lipinski definition) is 3. The molecule has 2 aliphatic heterocycles. The maximum Gasteiger partial charge on any atom is 0.304 e. The number of rotatable bonds is 2. The lowest BCUT2D eigenvalue weighted by Crippen LogP contribution is -2.48. The highest BCUT2D eigenvalue weighted by Gasteiger charge is 2.33. The molecular formula is C19H18BrClN2O3S. The van der Waals surface area contributed by atoms with E-state index in [-0.39, 0.29) is 6.54 Å². The van der Waals surface area contributed by atoms with Crippen molar-refractivity contribution in [3.05, 3.63) is 62.6 Å². The van der Waals surface area contributed by atoms with Crippen molar-refractivity contribution in [1.29, 1.82) is 0 Å². The molecule has 0 unspecified atom stereocenters. The van der Waals surface area contributed by atoms with Crippen molar-refractivity contribution < 1.29 is 13.2 Å². The van der Waals surface area contributed by atoms with E-state index in [1.54, 1.807) is 18.2 Å². The lowest BCUT2D eigenvalue weighted by Gasteiger charge is -2.34. The van der Waals surface area contributed by atoms with Gasteiger partial charge in [0, 0.05) is 28.1 Å². The summed E-state index contributed by atoms with van der Waals surface area (Å²) >= 11 is 9.66. The number of fused-ring (bicyclic) bond motifs is 2. The molecule has 1 fully saturated rings. The van der Waals surface area contributed by atoms with Crippen molar-refractivity contribution in [3.63, 3.8) is 0 Å². The average molecular weight is 470 g/mol. The van der Waals surface area contributed by atoms with Gasteiger partial charge in [0.05, 0.1) is 25.4 Å². The van der Waals surface area contributed by atoms with E-state index in [1.807, 2.05) is 30.4 Å². The lowest BCUT2D eigenvalue weighted by molar-refractivity contribution is 0.0729. The molecule has 2 heterocycles. The number of hydrogen-bond donors (Lipinski definition) is 0. The van der Waals surface area contributed by atoms with Gasteiger partial charge in [-0.3, -0.25) is 4.31 Å². The zero-order valence-electron chi connectivity index (χ0n) is 14.4. The Morgan fingerprint density at radius 2 is 1.74 bits per heavy atom. The molecule has 0 atom stereocenters. The molecule has 5 nitrogen and oxygen atoms in total. The first-order valence-electron chi connectivity index (χ1n) is 8.57. The van der Waals surface area contributed by atoms with Crippen LogP contribution in [0.1, 0.15) is 16.7 Å². The molecule has 2 aromatic carbocycles. The second-order valence-corrected chi connectivity index (χ2v) is 9.61. The predicted molar refractivity (Wildman–Crippen MR) is 112 cm³/mol. The lowest BCUT2D eigenvalue weighted by atomic mass is 10.0. The Morgan fingerprint density at radius 3 is 2.52 bits per heavy atom. The Hall–Kier alpha value is -1.38. The van der Waals surface area contributed by atoms with Gasteiger partial charge in [-0.1, -0.05) is 45.7 Å². The highest BCUT2D eigenvalue weighted by Crippen LogP contribution is 2.34. The Morgan fingerprint density at radius 1 is 1.00 bits per heavy atom. The molecule has 0 aromatic heterocycles. The number of halogens is 2. The minimum Gasteiger partial charge on any atom is -0.379 e. The normalized spacial score (nSPS) is 19.0. The predicted octanol–water partition coefficient (Wildman–Crippen LogP) is 4.17. The van der Waals surface area contributed by atoms with E-state index in [2.05, 4.69) is 15.9 Å². The SMILES string of the molecule is O=S(=O)(N1CCOCC1)N1Cc2ccc(Br)cc2/C=C\c2cc(Cl)ccc21. The zero-order chi connectivity index (χ0) is 19.0. The summed E-state index contributed by atoms with van der Waals surface area (Å²) in [7, 11) is -3.71. The number of anilines is 1. The Labute approximate surface area is 172 Å². The molecule has 0 spiro atoms. The van der Waals surface area contributed by atoms with E-state index in [9.17, 15) is 8.42 Å². The fraction of sp³-hybridized carbons (Fsp3) is 0.263. The zero-order valence-corrected chi connectivity index (χ0v) is 17.6. The standard InChI is InChI=1S/C19H18BrClN2O3S/c20-17-4-3-16-13-23(27(24,25)22-7-9-26-10-8-22)19-6-5-18(21)12-15(19)2-1-14(16)11-17/h1-6,11-12H,7-10,13H2/b2-1-. The first-order chi connectivity index (χ1) is 12.9. The molecule has 1 saturated heterocycles. The summed E-state index contributed by atoms with van der Waals surface area (Å²) in [6.45, 7) is 1.77. The minimum absolute atomic E-state index is 0.251. The molecule has 4 rings (SSSR count). The minimum atomic E-state index is -3.71. The molecule has 27 heavy (non-hydrogen) atoms. The van der Waals surface area contributed by atoms with Crippen LogP contribution in [0.25, 0.3) is 12.2 Å². The van der Waals surface area contributed by atoms with Crippen molar-refractivity contribution in [2.45, 2.75) is 6.54 Å². The Balaban J connectivity index is 1.87. The maximum atomic E-state index is 13.5. The van der Waals surface area contributed by atoms with Crippen molar-refractivity contribution >= 4 is 55.6 Å². The van der Waals surface area contributed by atoms with Crippen molar-refractivity contribution in [2.24, 2.45) is 0 Å². The summed E-state index contributed by atoms with van der Waals surface area (Å²) < 4.78 is 36.1. The molecule has 0 bridgehead atoms. The van der Waals surface area contributed by atoms with E-state index in [1.165, 1.54) is 8.61 Å². The summed E-state index contributed by atoms with van der Waals surface area (Å²) in [6.07, 6.45) is 3.90. The number of benzene rings is 2. The third-order valence-corrected chi connectivity index (χ3v) is 7.33. The van der Waals surface area contributed by atoms with Gasteiger partial charge >= 0.3 is 10.2 Å². The summed E-state index contributed by atoms with van der Waals surface area (Å²) in [6, 6.07) is 11.1. The third-order valence-electron chi connectivity index (χ3n) is 4.70. The summed E-state index contributed by atoms with van der Waals surface area (Å²) in [5.74, 6) is 0. The topological polar surface area (TPSA) is 49.9 Å². The molecule has 0 saturated carbocycles. The average Bonchev–Trinajstić information content (AvgIpc) is 2.65. The van der Waals surface area contributed by atoms with E-state index in [0.717, 1.165) is 21.2 Å². The summed E-state index contributed by atoms with van der Waals surface area (Å²) in [4.78, 5) is 0. The molecule has 0 amide bonds. The summed E-state index contributed by atoms with van der Waals surface area (Å²) in [5, 5.41) is 0.567. The quantitative estimate of drug-likeness (QED) is 0.663. The van der Waals surface area contributed by atoms with Gasteiger partial charge in [-0.2, -0.15) is 12.7 Å². The second kappa shape index (κ2) is 7.56. The van der Waals surface area contributed by atoms with Crippen molar-refractivity contribution in [1.82, 2.24) is 4.31 Å². The van der Waals surface area contributed by atoms with Gasteiger partial charge in [0.25, 0.3) is 0 Å². The van der Waals surface area contributed by atoms with Crippen LogP contribution in [0.4, 0.5) is 5.69 Å². The van der Waals surface area contributed by atoms with Crippen LogP contribution in [-0.4, -0.2) is 39.0 Å². The molecule has 2 aliphatic rings. The largest absolute Gasteiger partial charge is 0.379 e. The molecule has 0 N–H and O–H groups in total. The maximum absolute atomic E-state index is 13.5. The van der Waals surface area contributed by atoms with Gasteiger partial charge < -0.3 is 4.74 Å². The highest BCUT2D eigenvalue weighted by molar-refractivity contribution is 9.10. The first kappa shape index (κ1) is 19.0. The van der Waals surface area contributed by atoms with E-state index >= 15 is 0 Å². The van der Waals surface area contributed by atoms with Crippen molar-refractivity contribution in [2.75, 3.05) is 30.6 Å². The molecule has 2 aromatic rings. The second-order valence-electron chi connectivity index (χ2n) is 6.41. The highest BCUT2D eigenvalue weighted by atomic mass is 79.9. The first-order valence-corrected chi connectivity index (χ1v) is 11.1. The smallest absolute Gasteiger partial charge is 0.304 e. The molecule has 8 heteroatoms. The van der Waals surface area contributed by atoms with E-state index in [4.69, 9.17) is 16.3 Å². The van der Waals surface area contributed by atoms with Crippen LogP contribution in [0.5, 0.6) is 0 Å². The molecule has 142 valence electrons. The van der Waals surface area contributed by atoms with E-state index < -0.39 is 10.2 Å². The van der Waals surface area contributed by atoms with E-state index in [0.29, 0.717) is 37.0 Å². The van der Waals surface area contributed by atoms with Crippen LogP contribution < -0.4 is 4.31 Å². The third kappa shape index (κ3) is 3.79. The van der Waals surface area contributed by atoms with Crippen LogP contribution in [0, 0.1) is 0 Å². The van der Waals surface area contributed by atoms with Gasteiger partial charge in [-0.15, -0.1) is 0 Å². The van der Waals surface area contributed by atoms with Crippen LogP contribution in [0.15, 0.2) is 40.9 Å². The fourth-order valence-corrected chi connectivity index (χ4v) is 5.46. The number of morpholine rings is 1. The van der Waals surface area contributed by atoms with Gasteiger partial charge in [-0.25, -0.2) is 0 Å². The van der Waals surface area contributed by atoms with Crippen LogP contribution >= 0.6 is 27.5 Å². The number of nitrogens with zero attached hydrogens (tertiary/aromatic N) is 2. The monoisotopic (exact) mass is 468 g/mol. The Bertz CT molecular complexity index is 1000. The fourth-order valence-electron chi connectivity index (χ4n) is 3.29. The van der Waals surface area contributed by atoms with Gasteiger partial charge in [0.2, 0.25) is 0 Å². The number of ether oxygens (including phenoxy) is 1. The molecule has 0 radical (unpaired) electrons. The van der Waals surface area contributed by atoms with Gasteiger partial charge in [0.1, 0.15) is 0 Å². The molecule has 0 aliphatic carbocycles. The summed E-state index contributed by atoms with van der Waals surface area (Å²) in [5.41, 5.74) is 3.30. The van der Waals surface area contributed by atoms with Crippen molar-refractivity contribution in [3.8, 4) is 0 Å².